The highest BCUT2D eigenvalue weighted by Crippen LogP contribution is 2.13. The summed E-state index contributed by atoms with van der Waals surface area (Å²) in [6, 6.07) is 9.45. The smallest absolute Gasteiger partial charge is 0.120 e. The van der Waals surface area contributed by atoms with Gasteiger partial charge in [-0.2, -0.15) is 5.26 Å². The third kappa shape index (κ3) is 5.97. The van der Waals surface area contributed by atoms with Crippen molar-refractivity contribution in [2.75, 3.05) is 6.61 Å². The first kappa shape index (κ1) is 13.6. The van der Waals surface area contributed by atoms with Crippen LogP contribution in [0.5, 0.6) is 5.75 Å². The molecule has 0 N–H and O–H groups in total. The molecular weight excluding hydrogens is 210 g/mol. The van der Waals surface area contributed by atoms with E-state index in [2.05, 4.69) is 13.0 Å². The predicted molar refractivity (Wildman–Crippen MR) is 70.0 cm³/mol. The second-order valence-electron chi connectivity index (χ2n) is 4.26. The maximum absolute atomic E-state index is 8.75. The van der Waals surface area contributed by atoms with E-state index in [1.54, 1.807) is 12.1 Å². The summed E-state index contributed by atoms with van der Waals surface area (Å²) in [4.78, 5) is 0. The van der Waals surface area contributed by atoms with E-state index in [-0.39, 0.29) is 0 Å². The second-order valence-corrected chi connectivity index (χ2v) is 4.26. The van der Waals surface area contributed by atoms with Gasteiger partial charge >= 0.3 is 0 Å². The first-order chi connectivity index (χ1) is 8.36. The largest absolute Gasteiger partial charge is 0.494 e. The zero-order valence-electron chi connectivity index (χ0n) is 10.6. The number of rotatable bonds is 8. The summed E-state index contributed by atoms with van der Waals surface area (Å²) in [7, 11) is 0. The van der Waals surface area contributed by atoms with Gasteiger partial charge in [-0.25, -0.2) is 0 Å². The lowest BCUT2D eigenvalue weighted by molar-refractivity contribution is 0.304. The Morgan fingerprint density at radius 3 is 2.65 bits per heavy atom. The molecule has 0 unspecified atom stereocenters. The van der Waals surface area contributed by atoms with Crippen molar-refractivity contribution in [1.82, 2.24) is 0 Å². The molecule has 17 heavy (non-hydrogen) atoms. The summed E-state index contributed by atoms with van der Waals surface area (Å²) < 4.78 is 5.60. The van der Waals surface area contributed by atoms with Crippen LogP contribution in [0.25, 0.3) is 0 Å². The third-order valence-corrected chi connectivity index (χ3v) is 2.73. The Bertz CT molecular complexity index is 354. The summed E-state index contributed by atoms with van der Waals surface area (Å²) in [5.41, 5.74) is 0.658. The molecule has 0 heterocycles. The Balaban J connectivity index is 2.12. The van der Waals surface area contributed by atoms with E-state index in [0.717, 1.165) is 18.8 Å². The monoisotopic (exact) mass is 231 g/mol. The number of benzene rings is 1. The zero-order chi connectivity index (χ0) is 12.3. The van der Waals surface area contributed by atoms with E-state index < -0.39 is 0 Å². The van der Waals surface area contributed by atoms with Crippen LogP contribution in [0.2, 0.25) is 0 Å². The van der Waals surface area contributed by atoms with Gasteiger partial charge in [-0.1, -0.05) is 45.1 Å². The summed E-state index contributed by atoms with van der Waals surface area (Å²) in [6.07, 6.45) is 7.59. The fraction of sp³-hybridized carbons (Fsp3) is 0.533. The summed E-state index contributed by atoms with van der Waals surface area (Å²) >= 11 is 0. The van der Waals surface area contributed by atoms with Crippen LogP contribution in [-0.2, 0) is 0 Å². The van der Waals surface area contributed by atoms with Crippen molar-refractivity contribution in [3.8, 4) is 11.8 Å². The summed E-state index contributed by atoms with van der Waals surface area (Å²) in [5, 5.41) is 8.75. The van der Waals surface area contributed by atoms with E-state index in [4.69, 9.17) is 10.00 Å². The molecule has 1 aromatic carbocycles. The Kier molecular flexibility index (Phi) is 6.90. The maximum Gasteiger partial charge on any atom is 0.120 e. The number of hydrogen-bond acceptors (Lipinski definition) is 2. The predicted octanol–water partition coefficient (Wildman–Crippen LogP) is 4.30. The van der Waals surface area contributed by atoms with Gasteiger partial charge in [0.1, 0.15) is 5.75 Å². The van der Waals surface area contributed by atoms with Crippen LogP contribution in [0.3, 0.4) is 0 Å². The maximum atomic E-state index is 8.75. The standard InChI is InChI=1S/C15H21NO/c1-2-3-4-5-6-7-11-17-15-10-8-9-14(12-15)13-16/h8-10,12H,2-7,11H2,1H3. The van der Waals surface area contributed by atoms with Crippen LogP contribution in [-0.4, -0.2) is 6.61 Å². The van der Waals surface area contributed by atoms with E-state index in [9.17, 15) is 0 Å². The molecule has 0 amide bonds. The molecule has 0 bridgehead atoms. The molecule has 1 aromatic rings. The lowest BCUT2D eigenvalue weighted by Gasteiger charge is -2.06. The molecule has 2 nitrogen and oxygen atoms in total. The minimum atomic E-state index is 0.658. The van der Waals surface area contributed by atoms with Gasteiger partial charge in [0.2, 0.25) is 0 Å². The molecule has 0 saturated heterocycles. The molecule has 0 fully saturated rings. The number of nitrogens with zero attached hydrogens (tertiary/aromatic N) is 1. The van der Waals surface area contributed by atoms with Crippen molar-refractivity contribution in [3.05, 3.63) is 29.8 Å². The molecule has 0 atom stereocenters. The normalized spacial score (nSPS) is 9.88. The van der Waals surface area contributed by atoms with Crippen molar-refractivity contribution in [3.63, 3.8) is 0 Å². The van der Waals surface area contributed by atoms with E-state index in [1.165, 1.54) is 32.1 Å². The van der Waals surface area contributed by atoms with Crippen molar-refractivity contribution in [2.24, 2.45) is 0 Å². The van der Waals surface area contributed by atoms with Crippen molar-refractivity contribution < 1.29 is 4.74 Å². The molecule has 2 heteroatoms. The molecule has 0 aliphatic heterocycles. The molecule has 1 rings (SSSR count). The van der Waals surface area contributed by atoms with Crippen molar-refractivity contribution in [1.29, 1.82) is 5.26 Å². The van der Waals surface area contributed by atoms with Gasteiger partial charge in [-0.3, -0.25) is 0 Å². The summed E-state index contributed by atoms with van der Waals surface area (Å²) in [5.74, 6) is 0.803. The van der Waals surface area contributed by atoms with Crippen LogP contribution in [0.1, 0.15) is 51.0 Å². The molecule has 0 radical (unpaired) electrons. The molecule has 92 valence electrons. The van der Waals surface area contributed by atoms with Crippen LogP contribution in [0, 0.1) is 11.3 Å². The minimum Gasteiger partial charge on any atom is -0.494 e. The molecular formula is C15H21NO. The molecule has 0 aromatic heterocycles. The number of hydrogen-bond donors (Lipinski definition) is 0. The zero-order valence-corrected chi connectivity index (χ0v) is 10.6. The van der Waals surface area contributed by atoms with E-state index in [0.29, 0.717) is 5.56 Å². The molecule has 0 saturated carbocycles. The third-order valence-electron chi connectivity index (χ3n) is 2.73. The Morgan fingerprint density at radius 2 is 1.88 bits per heavy atom. The lowest BCUT2D eigenvalue weighted by atomic mass is 10.1. The first-order valence-corrected chi connectivity index (χ1v) is 6.49. The van der Waals surface area contributed by atoms with Crippen LogP contribution in [0.15, 0.2) is 24.3 Å². The van der Waals surface area contributed by atoms with Crippen molar-refractivity contribution >= 4 is 0 Å². The fourth-order valence-electron chi connectivity index (χ4n) is 1.73. The fourth-order valence-corrected chi connectivity index (χ4v) is 1.73. The number of unbranched alkanes of at least 4 members (excludes halogenated alkanes) is 5. The van der Waals surface area contributed by atoms with Crippen LogP contribution >= 0.6 is 0 Å². The summed E-state index contributed by atoms with van der Waals surface area (Å²) in [6.45, 7) is 2.98. The lowest BCUT2D eigenvalue weighted by Crippen LogP contribution is -1.97. The minimum absolute atomic E-state index is 0.658. The number of nitriles is 1. The van der Waals surface area contributed by atoms with Gasteiger partial charge in [0.25, 0.3) is 0 Å². The van der Waals surface area contributed by atoms with Gasteiger partial charge in [0.05, 0.1) is 18.2 Å². The van der Waals surface area contributed by atoms with Gasteiger partial charge in [-0.05, 0) is 24.6 Å². The highest BCUT2D eigenvalue weighted by molar-refractivity contribution is 5.36. The van der Waals surface area contributed by atoms with Crippen LogP contribution < -0.4 is 4.74 Å². The highest BCUT2D eigenvalue weighted by Gasteiger charge is 1.96. The van der Waals surface area contributed by atoms with Gasteiger partial charge in [-0.15, -0.1) is 0 Å². The van der Waals surface area contributed by atoms with E-state index >= 15 is 0 Å². The number of ether oxygens (including phenoxy) is 1. The van der Waals surface area contributed by atoms with Gasteiger partial charge < -0.3 is 4.74 Å². The Hall–Kier alpha value is -1.49. The van der Waals surface area contributed by atoms with Crippen LogP contribution in [0.4, 0.5) is 0 Å². The molecule has 0 aliphatic carbocycles. The second kappa shape index (κ2) is 8.64. The SMILES string of the molecule is CCCCCCCCOc1cccc(C#N)c1. The Labute approximate surface area is 104 Å². The van der Waals surface area contributed by atoms with E-state index in [1.807, 2.05) is 12.1 Å². The van der Waals surface area contributed by atoms with Crippen molar-refractivity contribution in [2.45, 2.75) is 45.4 Å². The molecule has 0 spiro atoms. The quantitative estimate of drug-likeness (QED) is 0.625. The van der Waals surface area contributed by atoms with Gasteiger partial charge in [0, 0.05) is 0 Å². The Morgan fingerprint density at radius 1 is 1.12 bits per heavy atom. The molecule has 0 aliphatic rings. The highest BCUT2D eigenvalue weighted by atomic mass is 16.5. The van der Waals surface area contributed by atoms with Gasteiger partial charge in [0.15, 0.2) is 0 Å². The topological polar surface area (TPSA) is 33.0 Å². The first-order valence-electron chi connectivity index (χ1n) is 6.49. The average molecular weight is 231 g/mol. The average Bonchev–Trinajstić information content (AvgIpc) is 2.38.